The van der Waals surface area contributed by atoms with Crippen LogP contribution in [0.25, 0.3) is 6.08 Å². The molecule has 0 saturated heterocycles. The third-order valence-corrected chi connectivity index (χ3v) is 4.66. The number of hydrogen-bond acceptors (Lipinski definition) is 3. The standard InChI is InChI=1S/C16H12Br2N2O2/c1-9-3-4-14(10(2)5-9)20-16(21)11(8-19)6-12-7-13(17)15(18)22-12/h3-7H,1-2H3,(H,20,21)/b11-6-. The van der Waals surface area contributed by atoms with E-state index >= 15 is 0 Å². The lowest BCUT2D eigenvalue weighted by molar-refractivity contribution is -0.112. The molecular weight excluding hydrogens is 412 g/mol. The summed E-state index contributed by atoms with van der Waals surface area (Å²) in [6, 6.07) is 9.24. The molecule has 1 N–H and O–H groups in total. The summed E-state index contributed by atoms with van der Waals surface area (Å²) >= 11 is 6.49. The van der Waals surface area contributed by atoms with Gasteiger partial charge in [-0.2, -0.15) is 5.26 Å². The minimum absolute atomic E-state index is 0.0336. The molecular formula is C16H12Br2N2O2. The van der Waals surface area contributed by atoms with Crippen LogP contribution < -0.4 is 5.32 Å². The average molecular weight is 424 g/mol. The molecule has 1 aromatic carbocycles. The highest BCUT2D eigenvalue weighted by atomic mass is 79.9. The Morgan fingerprint density at radius 3 is 2.59 bits per heavy atom. The first-order valence-electron chi connectivity index (χ1n) is 6.36. The van der Waals surface area contributed by atoms with Crippen LogP contribution in [0.5, 0.6) is 0 Å². The van der Waals surface area contributed by atoms with E-state index in [-0.39, 0.29) is 5.57 Å². The summed E-state index contributed by atoms with van der Waals surface area (Å²) in [4.78, 5) is 12.2. The third-order valence-electron chi connectivity index (χ3n) is 2.95. The molecule has 0 aliphatic heterocycles. The Morgan fingerprint density at radius 1 is 1.32 bits per heavy atom. The predicted octanol–water partition coefficient (Wildman–Crippen LogP) is 4.97. The van der Waals surface area contributed by atoms with Gasteiger partial charge in [0.15, 0.2) is 4.67 Å². The number of carbonyl (C=O) groups excluding carboxylic acids is 1. The maximum Gasteiger partial charge on any atom is 0.266 e. The van der Waals surface area contributed by atoms with Gasteiger partial charge in [-0.3, -0.25) is 4.79 Å². The monoisotopic (exact) mass is 422 g/mol. The van der Waals surface area contributed by atoms with Crippen molar-refractivity contribution in [3.63, 3.8) is 0 Å². The number of nitrogens with one attached hydrogen (secondary N) is 1. The van der Waals surface area contributed by atoms with Crippen molar-refractivity contribution in [2.24, 2.45) is 0 Å². The topological polar surface area (TPSA) is 66.0 Å². The van der Waals surface area contributed by atoms with E-state index in [9.17, 15) is 10.1 Å². The second-order valence-corrected chi connectivity index (χ2v) is 6.29. The first kappa shape index (κ1) is 16.5. The number of benzene rings is 1. The Morgan fingerprint density at radius 2 is 2.05 bits per heavy atom. The van der Waals surface area contributed by atoms with Gasteiger partial charge in [-0.1, -0.05) is 17.7 Å². The number of carbonyl (C=O) groups is 1. The van der Waals surface area contributed by atoms with Gasteiger partial charge in [0.2, 0.25) is 0 Å². The van der Waals surface area contributed by atoms with Crippen molar-refractivity contribution in [1.29, 1.82) is 5.26 Å². The Balaban J connectivity index is 2.24. The third kappa shape index (κ3) is 3.87. The fraction of sp³-hybridized carbons (Fsp3) is 0.125. The van der Waals surface area contributed by atoms with Gasteiger partial charge in [0.25, 0.3) is 5.91 Å². The van der Waals surface area contributed by atoms with Crippen molar-refractivity contribution >= 4 is 49.5 Å². The Kier molecular flexibility index (Phi) is 5.22. The van der Waals surface area contributed by atoms with Crippen molar-refractivity contribution in [2.75, 3.05) is 5.32 Å². The number of aryl methyl sites for hydroxylation is 2. The van der Waals surface area contributed by atoms with E-state index in [4.69, 9.17) is 4.42 Å². The number of rotatable bonds is 3. The van der Waals surface area contributed by atoms with Crippen molar-refractivity contribution in [1.82, 2.24) is 0 Å². The number of nitrogens with zero attached hydrogens (tertiary/aromatic N) is 1. The summed E-state index contributed by atoms with van der Waals surface area (Å²) < 4.78 is 6.57. The van der Waals surface area contributed by atoms with Crippen LogP contribution in [0.15, 0.2) is 43.4 Å². The summed E-state index contributed by atoms with van der Waals surface area (Å²) in [5.74, 6) is -0.0656. The maximum atomic E-state index is 12.2. The van der Waals surface area contributed by atoms with Gasteiger partial charge >= 0.3 is 0 Å². The van der Waals surface area contributed by atoms with Gasteiger partial charge in [-0.15, -0.1) is 0 Å². The molecule has 0 fully saturated rings. The Labute approximate surface area is 145 Å². The molecule has 2 aromatic rings. The fourth-order valence-electron chi connectivity index (χ4n) is 1.87. The lowest BCUT2D eigenvalue weighted by Gasteiger charge is -2.08. The van der Waals surface area contributed by atoms with Gasteiger partial charge in [-0.25, -0.2) is 0 Å². The zero-order valence-corrected chi connectivity index (χ0v) is 15.1. The summed E-state index contributed by atoms with van der Waals surface area (Å²) in [5, 5.41) is 11.9. The molecule has 0 aliphatic carbocycles. The van der Waals surface area contributed by atoms with Gasteiger partial charge in [0.1, 0.15) is 17.4 Å². The smallest absolute Gasteiger partial charge is 0.266 e. The van der Waals surface area contributed by atoms with Crippen LogP contribution in [0.2, 0.25) is 0 Å². The van der Waals surface area contributed by atoms with Crippen LogP contribution in [0.3, 0.4) is 0 Å². The molecule has 0 atom stereocenters. The molecule has 112 valence electrons. The fourth-order valence-corrected chi connectivity index (χ4v) is 2.48. The summed E-state index contributed by atoms with van der Waals surface area (Å²) in [6.07, 6.45) is 1.40. The summed E-state index contributed by atoms with van der Waals surface area (Å²) in [6.45, 7) is 3.88. The molecule has 0 aliphatic rings. The molecule has 6 heteroatoms. The quantitative estimate of drug-likeness (QED) is 0.559. The molecule has 22 heavy (non-hydrogen) atoms. The minimum Gasteiger partial charge on any atom is -0.449 e. The largest absolute Gasteiger partial charge is 0.449 e. The van der Waals surface area contributed by atoms with E-state index in [1.54, 1.807) is 6.07 Å². The van der Waals surface area contributed by atoms with Crippen LogP contribution in [-0.4, -0.2) is 5.91 Å². The van der Waals surface area contributed by atoms with Gasteiger partial charge in [0, 0.05) is 11.8 Å². The molecule has 0 unspecified atom stereocenters. The SMILES string of the molecule is Cc1ccc(NC(=O)/C(C#N)=C\c2cc(Br)c(Br)o2)c(C)c1. The van der Waals surface area contributed by atoms with Gasteiger partial charge < -0.3 is 9.73 Å². The lowest BCUT2D eigenvalue weighted by atomic mass is 10.1. The molecule has 1 heterocycles. The molecule has 0 bridgehead atoms. The highest BCUT2D eigenvalue weighted by molar-refractivity contribution is 9.13. The Bertz CT molecular complexity index is 781. The van der Waals surface area contributed by atoms with Crippen LogP contribution in [-0.2, 0) is 4.79 Å². The van der Waals surface area contributed by atoms with Crippen LogP contribution in [0, 0.1) is 25.2 Å². The van der Waals surface area contributed by atoms with Crippen molar-refractivity contribution in [2.45, 2.75) is 13.8 Å². The Hall–Kier alpha value is -1.84. The molecule has 1 aromatic heterocycles. The molecule has 2 rings (SSSR count). The van der Waals surface area contributed by atoms with E-state index in [2.05, 4.69) is 37.2 Å². The maximum absolute atomic E-state index is 12.2. The van der Waals surface area contributed by atoms with E-state index in [0.717, 1.165) is 11.1 Å². The highest BCUT2D eigenvalue weighted by Gasteiger charge is 2.13. The molecule has 0 radical (unpaired) electrons. The predicted molar refractivity (Wildman–Crippen MR) is 92.2 cm³/mol. The number of amides is 1. The van der Waals surface area contributed by atoms with Crippen molar-refractivity contribution in [3.8, 4) is 6.07 Å². The van der Waals surface area contributed by atoms with Gasteiger partial charge in [-0.05, 0) is 63.4 Å². The zero-order valence-electron chi connectivity index (χ0n) is 11.9. The zero-order chi connectivity index (χ0) is 16.3. The van der Waals surface area contributed by atoms with Gasteiger partial charge in [0.05, 0.1) is 4.47 Å². The lowest BCUT2D eigenvalue weighted by Crippen LogP contribution is -2.14. The normalized spacial score (nSPS) is 11.1. The van der Waals surface area contributed by atoms with Crippen LogP contribution >= 0.6 is 31.9 Å². The number of nitriles is 1. The van der Waals surface area contributed by atoms with E-state index < -0.39 is 5.91 Å². The second kappa shape index (κ2) is 6.95. The number of furan rings is 1. The minimum atomic E-state index is -0.474. The van der Waals surface area contributed by atoms with Crippen LogP contribution in [0.4, 0.5) is 5.69 Å². The van der Waals surface area contributed by atoms with E-state index in [1.807, 2.05) is 38.1 Å². The van der Waals surface area contributed by atoms with Crippen molar-refractivity contribution < 1.29 is 9.21 Å². The number of anilines is 1. The second-order valence-electron chi connectivity index (χ2n) is 4.71. The van der Waals surface area contributed by atoms with E-state index in [0.29, 0.717) is 20.6 Å². The van der Waals surface area contributed by atoms with E-state index in [1.165, 1.54) is 6.08 Å². The van der Waals surface area contributed by atoms with Crippen LogP contribution in [0.1, 0.15) is 16.9 Å². The number of halogens is 2. The molecule has 0 saturated carbocycles. The summed E-state index contributed by atoms with van der Waals surface area (Å²) in [7, 11) is 0. The van der Waals surface area contributed by atoms with Crippen molar-refractivity contribution in [3.05, 3.63) is 55.9 Å². The highest BCUT2D eigenvalue weighted by Crippen LogP contribution is 2.28. The molecule has 1 amide bonds. The first-order chi connectivity index (χ1) is 10.4. The molecule has 0 spiro atoms. The number of hydrogen-bond donors (Lipinski definition) is 1. The first-order valence-corrected chi connectivity index (χ1v) is 7.94. The molecule has 4 nitrogen and oxygen atoms in total. The average Bonchev–Trinajstić information content (AvgIpc) is 2.77. The summed E-state index contributed by atoms with van der Waals surface area (Å²) in [5.41, 5.74) is 2.69.